The number of benzene rings is 1. The molecule has 4 heteroatoms. The van der Waals surface area contributed by atoms with Crippen LogP contribution < -0.4 is 0 Å². The lowest BCUT2D eigenvalue weighted by molar-refractivity contribution is 0.573. The Morgan fingerprint density at radius 2 is 2.05 bits per heavy atom. The van der Waals surface area contributed by atoms with Crippen LogP contribution in [0.2, 0.25) is 0 Å². The molecule has 2 aromatic heterocycles. The minimum Gasteiger partial charge on any atom is -0.327 e. The highest BCUT2D eigenvalue weighted by Crippen LogP contribution is 2.38. The van der Waals surface area contributed by atoms with Gasteiger partial charge in [0.15, 0.2) is 0 Å². The van der Waals surface area contributed by atoms with Gasteiger partial charge in [0.1, 0.15) is 5.01 Å². The highest BCUT2D eigenvalue weighted by Gasteiger charge is 2.25. The molecular formula is C17H19N3S. The van der Waals surface area contributed by atoms with E-state index in [0.29, 0.717) is 6.04 Å². The Labute approximate surface area is 128 Å². The van der Waals surface area contributed by atoms with Crippen LogP contribution in [0.1, 0.15) is 45.3 Å². The second kappa shape index (κ2) is 4.41. The molecule has 0 spiro atoms. The van der Waals surface area contributed by atoms with Crippen molar-refractivity contribution < 1.29 is 0 Å². The summed E-state index contributed by atoms with van der Waals surface area (Å²) in [5.74, 6) is 0. The molecule has 0 unspecified atom stereocenters. The lowest BCUT2D eigenvalue weighted by atomic mass is 9.93. The van der Waals surface area contributed by atoms with E-state index in [-0.39, 0.29) is 5.41 Å². The van der Waals surface area contributed by atoms with E-state index in [1.54, 1.807) is 11.3 Å². The van der Waals surface area contributed by atoms with Crippen molar-refractivity contribution in [2.45, 2.75) is 45.1 Å². The SMILES string of the molecule is CC(C)(C)c1csc(-c2ccc3c(c2)ncn3C2CC2)n1. The van der Waals surface area contributed by atoms with Crippen molar-refractivity contribution in [3.05, 3.63) is 35.6 Å². The molecule has 1 aromatic carbocycles. The largest absolute Gasteiger partial charge is 0.327 e. The molecule has 0 saturated heterocycles. The standard InChI is InChI=1S/C17H19N3S/c1-17(2,3)15-9-21-16(19-15)11-4-7-14-13(8-11)18-10-20(14)12-5-6-12/h4,7-10,12H,5-6H2,1-3H3. The maximum atomic E-state index is 4.80. The lowest BCUT2D eigenvalue weighted by Crippen LogP contribution is -2.11. The van der Waals surface area contributed by atoms with Crippen molar-refractivity contribution in [3.8, 4) is 10.6 Å². The van der Waals surface area contributed by atoms with Crippen LogP contribution in [-0.4, -0.2) is 14.5 Å². The zero-order valence-electron chi connectivity index (χ0n) is 12.6. The number of hydrogen-bond acceptors (Lipinski definition) is 3. The van der Waals surface area contributed by atoms with Crippen molar-refractivity contribution in [3.63, 3.8) is 0 Å². The molecule has 1 saturated carbocycles. The highest BCUT2D eigenvalue weighted by atomic mass is 32.1. The molecule has 21 heavy (non-hydrogen) atoms. The minimum atomic E-state index is 0.104. The third kappa shape index (κ3) is 2.27. The molecule has 4 rings (SSSR count). The van der Waals surface area contributed by atoms with Gasteiger partial charge in [-0.15, -0.1) is 11.3 Å². The van der Waals surface area contributed by atoms with E-state index in [2.05, 4.69) is 53.9 Å². The molecule has 0 atom stereocenters. The summed E-state index contributed by atoms with van der Waals surface area (Å²) in [5.41, 5.74) is 4.75. The third-order valence-electron chi connectivity index (χ3n) is 4.03. The van der Waals surface area contributed by atoms with Gasteiger partial charge in [-0.25, -0.2) is 9.97 Å². The number of rotatable bonds is 2. The number of aromatic nitrogens is 3. The Morgan fingerprint density at radius 3 is 2.71 bits per heavy atom. The second-order valence-electron chi connectivity index (χ2n) is 6.87. The molecule has 3 nitrogen and oxygen atoms in total. The average Bonchev–Trinajstić information content (AvgIpc) is 3.01. The second-order valence-corrected chi connectivity index (χ2v) is 7.73. The van der Waals surface area contributed by atoms with Crippen LogP contribution in [0.25, 0.3) is 21.6 Å². The van der Waals surface area contributed by atoms with E-state index >= 15 is 0 Å². The Hall–Kier alpha value is -1.68. The van der Waals surface area contributed by atoms with Gasteiger partial charge in [-0.2, -0.15) is 0 Å². The van der Waals surface area contributed by atoms with E-state index in [0.717, 1.165) is 16.2 Å². The van der Waals surface area contributed by atoms with Crippen molar-refractivity contribution in [2.24, 2.45) is 0 Å². The summed E-state index contributed by atoms with van der Waals surface area (Å²) in [5, 5.41) is 3.25. The number of nitrogens with zero attached hydrogens (tertiary/aromatic N) is 3. The predicted octanol–water partition coefficient (Wildman–Crippen LogP) is 4.79. The van der Waals surface area contributed by atoms with Crippen LogP contribution in [0.5, 0.6) is 0 Å². The van der Waals surface area contributed by atoms with E-state index in [9.17, 15) is 0 Å². The van der Waals surface area contributed by atoms with E-state index in [4.69, 9.17) is 4.98 Å². The Bertz CT molecular complexity index is 803. The summed E-state index contributed by atoms with van der Waals surface area (Å²) >= 11 is 1.72. The fourth-order valence-corrected chi connectivity index (χ4v) is 3.60. The van der Waals surface area contributed by atoms with Crippen molar-refractivity contribution in [1.29, 1.82) is 0 Å². The van der Waals surface area contributed by atoms with Gasteiger partial charge in [0.05, 0.1) is 23.1 Å². The maximum absolute atomic E-state index is 4.80. The first kappa shape index (κ1) is 13.0. The molecule has 2 heterocycles. The number of thiazole rings is 1. The van der Waals surface area contributed by atoms with Gasteiger partial charge in [0.2, 0.25) is 0 Å². The van der Waals surface area contributed by atoms with Crippen LogP contribution in [0.4, 0.5) is 0 Å². The number of hydrogen-bond donors (Lipinski definition) is 0. The van der Waals surface area contributed by atoms with Gasteiger partial charge in [-0.3, -0.25) is 0 Å². The van der Waals surface area contributed by atoms with Gasteiger partial charge < -0.3 is 4.57 Å². The summed E-state index contributed by atoms with van der Waals surface area (Å²) in [4.78, 5) is 9.36. The monoisotopic (exact) mass is 297 g/mol. The molecule has 0 radical (unpaired) electrons. The first-order valence-electron chi connectivity index (χ1n) is 7.45. The first-order valence-corrected chi connectivity index (χ1v) is 8.33. The Morgan fingerprint density at radius 1 is 1.24 bits per heavy atom. The first-order chi connectivity index (χ1) is 10.0. The van der Waals surface area contributed by atoms with Crippen molar-refractivity contribution >= 4 is 22.4 Å². The molecule has 1 aliphatic rings. The van der Waals surface area contributed by atoms with E-state index in [1.807, 2.05) is 6.33 Å². The molecule has 0 amide bonds. The summed E-state index contributed by atoms with van der Waals surface area (Å²) < 4.78 is 2.31. The molecule has 0 bridgehead atoms. The normalized spacial score (nSPS) is 15.8. The average molecular weight is 297 g/mol. The maximum Gasteiger partial charge on any atom is 0.123 e. The van der Waals surface area contributed by atoms with Crippen LogP contribution in [0, 0.1) is 0 Å². The van der Waals surface area contributed by atoms with Crippen LogP contribution in [0.15, 0.2) is 29.9 Å². The molecule has 108 valence electrons. The van der Waals surface area contributed by atoms with Crippen LogP contribution >= 0.6 is 11.3 Å². The number of imidazole rings is 1. The van der Waals surface area contributed by atoms with Crippen LogP contribution in [0.3, 0.4) is 0 Å². The summed E-state index contributed by atoms with van der Waals surface area (Å²) in [7, 11) is 0. The summed E-state index contributed by atoms with van der Waals surface area (Å²) in [6, 6.07) is 7.20. The van der Waals surface area contributed by atoms with Crippen molar-refractivity contribution in [1.82, 2.24) is 14.5 Å². The summed E-state index contributed by atoms with van der Waals surface area (Å²) in [6.07, 6.45) is 4.55. The van der Waals surface area contributed by atoms with Gasteiger partial charge in [-0.05, 0) is 31.0 Å². The topological polar surface area (TPSA) is 30.7 Å². The molecule has 3 aromatic rings. The van der Waals surface area contributed by atoms with Gasteiger partial charge in [0, 0.05) is 22.4 Å². The molecule has 0 N–H and O–H groups in total. The minimum absolute atomic E-state index is 0.104. The number of fused-ring (bicyclic) bond motifs is 1. The lowest BCUT2D eigenvalue weighted by Gasteiger charge is -2.14. The van der Waals surface area contributed by atoms with Gasteiger partial charge in [-0.1, -0.05) is 20.8 Å². The van der Waals surface area contributed by atoms with Gasteiger partial charge in [0.25, 0.3) is 0 Å². The predicted molar refractivity (Wildman–Crippen MR) is 87.8 cm³/mol. The van der Waals surface area contributed by atoms with Gasteiger partial charge >= 0.3 is 0 Å². The van der Waals surface area contributed by atoms with Crippen molar-refractivity contribution in [2.75, 3.05) is 0 Å². The van der Waals surface area contributed by atoms with E-state index < -0.39 is 0 Å². The Kier molecular flexibility index (Phi) is 2.73. The third-order valence-corrected chi connectivity index (χ3v) is 4.93. The quantitative estimate of drug-likeness (QED) is 0.680. The molecular weight excluding hydrogens is 278 g/mol. The van der Waals surface area contributed by atoms with Crippen LogP contribution in [-0.2, 0) is 5.41 Å². The summed E-state index contributed by atoms with van der Waals surface area (Å²) in [6.45, 7) is 6.60. The highest BCUT2D eigenvalue weighted by molar-refractivity contribution is 7.13. The smallest absolute Gasteiger partial charge is 0.123 e. The van der Waals surface area contributed by atoms with E-state index in [1.165, 1.54) is 23.9 Å². The molecule has 0 aliphatic heterocycles. The fraction of sp³-hybridized carbons (Fsp3) is 0.412. The zero-order chi connectivity index (χ0) is 14.6. The Balaban J connectivity index is 1.75. The fourth-order valence-electron chi connectivity index (χ4n) is 2.56. The molecule has 1 aliphatic carbocycles. The zero-order valence-corrected chi connectivity index (χ0v) is 13.4. The molecule has 1 fully saturated rings.